The minimum atomic E-state index is 0. The predicted molar refractivity (Wildman–Crippen MR) is 350 cm³/mol. The van der Waals surface area contributed by atoms with Gasteiger partial charge in [-0.3, -0.25) is 0 Å². The van der Waals surface area contributed by atoms with Crippen molar-refractivity contribution in [3.63, 3.8) is 0 Å². The van der Waals surface area contributed by atoms with Gasteiger partial charge in [-0.2, -0.15) is 0 Å². The molecule has 13 rings (SSSR count). The normalized spacial score (nSPS) is 12.4. The Morgan fingerprint density at radius 2 is 0.520 bits per heavy atom. The average Bonchev–Trinajstić information content (AvgIpc) is 4.17. The molecule has 7 aromatic carbocycles. The molecule has 75 heavy (non-hydrogen) atoms. The first-order chi connectivity index (χ1) is 35.5. The second-order valence-corrected chi connectivity index (χ2v) is 16.9. The lowest BCUT2D eigenvalue weighted by Gasteiger charge is -2.42. The molecular weight excluding hydrogens is 906 g/mol. The van der Waals surface area contributed by atoms with E-state index in [1.54, 1.807) is 22.3 Å². The first-order valence-electron chi connectivity index (χ1n) is 28.2. The van der Waals surface area contributed by atoms with Crippen LogP contribution in [0.4, 0.5) is 45.5 Å². The van der Waals surface area contributed by atoms with E-state index >= 15 is 0 Å². The Morgan fingerprint density at radius 1 is 0.267 bits per heavy atom. The van der Waals surface area contributed by atoms with Gasteiger partial charge in [-0.05, 0) is 142 Å². The van der Waals surface area contributed by atoms with Gasteiger partial charge in [-0.15, -0.1) is 0 Å². The fraction of sp³-hybridized carbons (Fsp3) is 0.391. The lowest BCUT2D eigenvalue weighted by molar-refractivity contribution is 0.912. The average molecular weight is 1010 g/mol. The lowest BCUT2D eigenvalue weighted by atomic mass is 9.33. The number of aryl methyl sites for hydroxylation is 4. The number of anilines is 8. The molecule has 6 heteroatoms. The molecule has 0 aromatic heterocycles. The molecule has 4 nitrogen and oxygen atoms in total. The molecule has 0 atom stereocenters. The van der Waals surface area contributed by atoms with E-state index in [0.717, 1.165) is 0 Å². The van der Waals surface area contributed by atoms with E-state index < -0.39 is 0 Å². The van der Waals surface area contributed by atoms with E-state index in [4.69, 9.17) is 0 Å². The Morgan fingerprint density at radius 3 is 0.867 bits per heavy atom. The summed E-state index contributed by atoms with van der Waals surface area (Å²) < 4.78 is 0. The van der Waals surface area contributed by atoms with Crippen molar-refractivity contribution in [3.8, 4) is 0 Å². The molecule has 0 saturated carbocycles. The Bertz CT molecular complexity index is 2670. The van der Waals surface area contributed by atoms with E-state index in [2.05, 4.69) is 193 Å². The van der Waals surface area contributed by atoms with Gasteiger partial charge < -0.3 is 19.6 Å². The van der Waals surface area contributed by atoms with Crippen LogP contribution in [0.3, 0.4) is 0 Å². The maximum absolute atomic E-state index is 2.51. The highest BCUT2D eigenvalue weighted by Crippen LogP contribution is 2.38. The van der Waals surface area contributed by atoms with Crippen molar-refractivity contribution in [1.29, 1.82) is 0 Å². The van der Waals surface area contributed by atoms with Gasteiger partial charge in [0.2, 0.25) is 0 Å². The van der Waals surface area contributed by atoms with Crippen molar-refractivity contribution >= 4 is 91.7 Å². The second kappa shape index (κ2) is 33.0. The van der Waals surface area contributed by atoms with E-state index in [-0.39, 0.29) is 22.3 Å². The van der Waals surface area contributed by atoms with Crippen LogP contribution in [0.5, 0.6) is 0 Å². The number of nitrogens with zero attached hydrogens (tertiary/aromatic N) is 4. The molecule has 0 unspecified atom stereocenters. The Balaban J connectivity index is 0.000000525. The number of rotatable bonds is 0. The van der Waals surface area contributed by atoms with Crippen LogP contribution in [0.25, 0.3) is 0 Å². The summed E-state index contributed by atoms with van der Waals surface area (Å²) in [6, 6.07) is 53.6. The van der Waals surface area contributed by atoms with Crippen LogP contribution in [0.2, 0.25) is 0 Å². The van der Waals surface area contributed by atoms with E-state index in [1.807, 2.05) is 96.9 Å². The molecular formula is C69H102B2N4. The lowest BCUT2D eigenvalue weighted by Crippen LogP contribution is -2.61. The van der Waals surface area contributed by atoms with Crippen LogP contribution in [0.1, 0.15) is 154 Å². The standard InChI is InChI=1S/C23H21BN2.C20H17BN2.C9H10.7C2H6.3CH4/c1-25-19-10-4-3-9-17(19)24-18-13-15-7-5-8-16(15)14-22(18)26(2)21-12-6-11-20(25)23(21)24;1-22-16-10-5-3-8-14(16)21-15-9-4-6-11-17(15)23(2)19-13-7-12-18(22)20(19)21;1-2-5-9-7-3-6-8(9)4-1;7*1-2;;;/h3-4,6,9-14H,5,7-8H2,1-2H3;3-13H,1-2H3;1-2,4-5H,3,6-7H2;7*1-2H3;3*1H4. The molecule has 4 heterocycles. The molecule has 0 radical (unpaired) electrons. The Labute approximate surface area is 462 Å². The third-order valence-electron chi connectivity index (χ3n) is 13.9. The van der Waals surface area contributed by atoms with E-state index in [1.165, 1.54) is 117 Å². The number of hydrogen-bond donors (Lipinski definition) is 0. The van der Waals surface area contributed by atoms with Crippen LogP contribution in [-0.2, 0) is 25.7 Å². The fourth-order valence-electron chi connectivity index (χ4n) is 11.1. The zero-order chi connectivity index (χ0) is 53.1. The first kappa shape index (κ1) is 66.9. The zero-order valence-corrected chi connectivity index (χ0v) is 48.0. The largest absolute Gasteiger partial charge is 0.345 e. The molecule has 0 spiro atoms. The van der Waals surface area contributed by atoms with Gasteiger partial charge in [-0.1, -0.05) is 216 Å². The van der Waals surface area contributed by atoms with Crippen molar-refractivity contribution in [2.75, 3.05) is 47.8 Å². The van der Waals surface area contributed by atoms with Crippen LogP contribution >= 0.6 is 0 Å². The van der Waals surface area contributed by atoms with Crippen LogP contribution in [0, 0.1) is 0 Å². The van der Waals surface area contributed by atoms with Gasteiger partial charge >= 0.3 is 0 Å². The van der Waals surface area contributed by atoms with Gasteiger partial charge in [0.05, 0.1) is 0 Å². The molecule has 0 bridgehead atoms. The summed E-state index contributed by atoms with van der Waals surface area (Å²) in [4.78, 5) is 9.42. The summed E-state index contributed by atoms with van der Waals surface area (Å²) >= 11 is 0. The fourth-order valence-corrected chi connectivity index (χ4v) is 11.1. The maximum atomic E-state index is 2.51. The monoisotopic (exact) mass is 1010 g/mol. The van der Waals surface area contributed by atoms with E-state index in [0.29, 0.717) is 13.4 Å². The molecule has 2 aliphatic carbocycles. The summed E-state index contributed by atoms with van der Waals surface area (Å²) in [6.07, 6.45) is 7.72. The summed E-state index contributed by atoms with van der Waals surface area (Å²) in [6.45, 7) is 28.7. The molecule has 0 fully saturated rings. The molecule has 0 amide bonds. The molecule has 0 saturated heterocycles. The van der Waals surface area contributed by atoms with Crippen molar-refractivity contribution in [3.05, 3.63) is 168 Å². The number of benzene rings is 7. The van der Waals surface area contributed by atoms with Gasteiger partial charge in [0.1, 0.15) is 0 Å². The third kappa shape index (κ3) is 13.1. The summed E-state index contributed by atoms with van der Waals surface area (Å²) in [5.41, 5.74) is 25.5. The first-order valence-corrected chi connectivity index (χ1v) is 28.2. The number of fused-ring (bicyclic) bond motifs is 10. The maximum Gasteiger partial charge on any atom is 0.252 e. The SMILES string of the molecule is C.C.C.CC.CC.CC.CC.CC.CC.CC.CN1c2ccccc2B2c3cc4c(cc3N(C)c3cccc1c32)CCC4.CN1c2ccccc2B2c3ccccc3N(C)c3cccc1c32.c1ccc2c(c1)CCC2. The third-order valence-corrected chi connectivity index (χ3v) is 13.9. The van der Waals surface area contributed by atoms with Gasteiger partial charge in [0.15, 0.2) is 0 Å². The Hall–Kier alpha value is -6.13. The van der Waals surface area contributed by atoms with Crippen molar-refractivity contribution in [2.45, 2.75) is 158 Å². The molecule has 4 aliphatic heterocycles. The number of hydrogen-bond acceptors (Lipinski definition) is 4. The highest BCUT2D eigenvalue weighted by atomic mass is 15.2. The second-order valence-electron chi connectivity index (χ2n) is 16.9. The minimum Gasteiger partial charge on any atom is -0.345 e. The molecule has 0 N–H and O–H groups in total. The summed E-state index contributed by atoms with van der Waals surface area (Å²) in [7, 11) is 8.77. The molecule has 7 aromatic rings. The van der Waals surface area contributed by atoms with Gasteiger partial charge in [-0.25, -0.2) is 0 Å². The molecule has 404 valence electrons. The van der Waals surface area contributed by atoms with Gasteiger partial charge in [0, 0.05) is 73.7 Å². The van der Waals surface area contributed by atoms with Crippen LogP contribution in [0.15, 0.2) is 146 Å². The van der Waals surface area contributed by atoms with Crippen molar-refractivity contribution in [2.24, 2.45) is 0 Å². The predicted octanol–water partition coefficient (Wildman–Crippen LogP) is 16.5. The topological polar surface area (TPSA) is 13.0 Å². The highest BCUT2D eigenvalue weighted by Gasteiger charge is 2.42. The van der Waals surface area contributed by atoms with E-state index in [9.17, 15) is 0 Å². The van der Waals surface area contributed by atoms with Crippen molar-refractivity contribution < 1.29 is 0 Å². The summed E-state index contributed by atoms with van der Waals surface area (Å²) in [5.74, 6) is 0. The smallest absolute Gasteiger partial charge is 0.252 e. The minimum absolute atomic E-state index is 0. The van der Waals surface area contributed by atoms with Crippen LogP contribution in [-0.4, -0.2) is 41.6 Å². The van der Waals surface area contributed by atoms with Crippen LogP contribution < -0.4 is 52.4 Å². The zero-order valence-electron chi connectivity index (χ0n) is 48.0. The summed E-state index contributed by atoms with van der Waals surface area (Å²) in [5, 5.41) is 0. The number of para-hydroxylation sites is 3. The molecule has 6 aliphatic rings. The van der Waals surface area contributed by atoms with Gasteiger partial charge in [0.25, 0.3) is 13.4 Å². The highest BCUT2D eigenvalue weighted by molar-refractivity contribution is 7.01. The van der Waals surface area contributed by atoms with Crippen molar-refractivity contribution in [1.82, 2.24) is 0 Å². The quantitative estimate of drug-likeness (QED) is 0.140. The Kier molecular flexibility index (Phi) is 29.4.